The van der Waals surface area contributed by atoms with Crippen molar-refractivity contribution in [2.24, 2.45) is 5.92 Å². The van der Waals surface area contributed by atoms with Gasteiger partial charge in [-0.25, -0.2) is 0 Å². The van der Waals surface area contributed by atoms with Crippen LogP contribution in [0.4, 0.5) is 0 Å². The van der Waals surface area contributed by atoms with E-state index < -0.39 is 0 Å². The summed E-state index contributed by atoms with van der Waals surface area (Å²) < 4.78 is 1.07. The molecule has 2 bridgehead atoms. The topological polar surface area (TPSA) is 45.2 Å². The van der Waals surface area contributed by atoms with Crippen LogP contribution in [0.3, 0.4) is 0 Å². The van der Waals surface area contributed by atoms with Gasteiger partial charge in [0.05, 0.1) is 4.88 Å². The molecule has 1 amide bonds. The zero-order chi connectivity index (χ0) is 15.8. The van der Waals surface area contributed by atoms with Crippen molar-refractivity contribution in [3.05, 3.63) is 28.9 Å². The van der Waals surface area contributed by atoms with Gasteiger partial charge in [0.15, 0.2) is 0 Å². The van der Waals surface area contributed by atoms with Crippen LogP contribution in [0.5, 0.6) is 0 Å². The average Bonchev–Trinajstić information content (AvgIpc) is 3.09. The lowest BCUT2D eigenvalue weighted by atomic mass is 9.97. The number of thiophene rings is 1. The Labute approximate surface area is 139 Å². The van der Waals surface area contributed by atoms with Crippen molar-refractivity contribution in [2.75, 3.05) is 19.6 Å². The standard InChI is InChI=1S/C18H19N3OS/c1-2-3-15-7-13-9-19-16(8-17(13)23-15)18(22)20-14-6-12-4-5-21(10-12)11-14/h7-9,12,14H,4-6,10-11H2,1H3,(H,20,22)/t12-,14-/m1/s1. The third-order valence-corrected chi connectivity index (χ3v) is 5.70. The molecule has 23 heavy (non-hydrogen) atoms. The van der Waals surface area contributed by atoms with Crippen LogP contribution in [0.15, 0.2) is 18.3 Å². The van der Waals surface area contributed by atoms with Gasteiger partial charge < -0.3 is 10.2 Å². The summed E-state index contributed by atoms with van der Waals surface area (Å²) in [6.45, 7) is 5.18. The van der Waals surface area contributed by atoms with Crippen LogP contribution < -0.4 is 5.32 Å². The Bertz CT molecular complexity index is 805. The van der Waals surface area contributed by atoms with Crippen LogP contribution in [0.25, 0.3) is 10.1 Å². The predicted octanol–water partition coefficient (Wildman–Crippen LogP) is 2.49. The number of carbonyl (C=O) groups excluding carboxylic acids is 1. The van der Waals surface area contributed by atoms with Crippen molar-refractivity contribution >= 4 is 27.3 Å². The lowest BCUT2D eigenvalue weighted by Crippen LogP contribution is -2.47. The molecule has 4 rings (SSSR count). The van der Waals surface area contributed by atoms with Crippen LogP contribution in [-0.2, 0) is 0 Å². The molecule has 0 aliphatic carbocycles. The maximum atomic E-state index is 12.5. The average molecular weight is 325 g/mol. The van der Waals surface area contributed by atoms with Crippen molar-refractivity contribution in [1.82, 2.24) is 15.2 Å². The summed E-state index contributed by atoms with van der Waals surface area (Å²) in [6, 6.07) is 4.16. The molecule has 1 unspecified atom stereocenters. The number of nitrogens with one attached hydrogen (secondary N) is 1. The highest BCUT2D eigenvalue weighted by Crippen LogP contribution is 2.27. The van der Waals surface area contributed by atoms with Gasteiger partial charge in [-0.2, -0.15) is 0 Å². The Kier molecular flexibility index (Phi) is 3.80. The molecule has 4 heterocycles. The maximum absolute atomic E-state index is 12.5. The lowest BCUT2D eigenvalue weighted by Gasteiger charge is -2.30. The van der Waals surface area contributed by atoms with Gasteiger partial charge in [-0.15, -0.1) is 17.3 Å². The Hall–Kier alpha value is -1.90. The number of pyridine rings is 1. The Morgan fingerprint density at radius 1 is 1.43 bits per heavy atom. The summed E-state index contributed by atoms with van der Waals surface area (Å²) in [5.41, 5.74) is 0.503. The van der Waals surface area contributed by atoms with E-state index in [0.717, 1.165) is 33.8 Å². The second-order valence-corrected chi connectivity index (χ2v) is 7.50. The summed E-state index contributed by atoms with van der Waals surface area (Å²) in [5.74, 6) is 6.66. The van der Waals surface area contributed by atoms with E-state index in [9.17, 15) is 4.79 Å². The molecule has 1 N–H and O–H groups in total. The van der Waals surface area contributed by atoms with Crippen molar-refractivity contribution in [3.63, 3.8) is 0 Å². The number of hydrogen-bond donors (Lipinski definition) is 1. The molecule has 3 atom stereocenters. The smallest absolute Gasteiger partial charge is 0.270 e. The number of fused-ring (bicyclic) bond motifs is 3. The van der Waals surface area contributed by atoms with Gasteiger partial charge in [-0.05, 0) is 44.4 Å². The quantitative estimate of drug-likeness (QED) is 0.863. The van der Waals surface area contributed by atoms with Crippen LogP contribution >= 0.6 is 11.3 Å². The second-order valence-electron chi connectivity index (χ2n) is 6.41. The molecular weight excluding hydrogens is 306 g/mol. The molecule has 4 nitrogen and oxygen atoms in total. The van der Waals surface area contributed by atoms with Gasteiger partial charge in [0.2, 0.25) is 0 Å². The number of carbonyl (C=O) groups is 1. The highest BCUT2D eigenvalue weighted by molar-refractivity contribution is 7.19. The van der Waals surface area contributed by atoms with E-state index in [2.05, 4.69) is 27.0 Å². The fourth-order valence-corrected chi connectivity index (χ4v) is 4.64. The molecule has 2 fully saturated rings. The molecule has 0 aromatic carbocycles. The monoisotopic (exact) mass is 325 g/mol. The second kappa shape index (κ2) is 5.95. The summed E-state index contributed by atoms with van der Waals surface area (Å²) >= 11 is 1.61. The first-order valence-corrected chi connectivity index (χ1v) is 8.88. The Morgan fingerprint density at radius 3 is 3.17 bits per heavy atom. The van der Waals surface area contributed by atoms with E-state index in [1.807, 2.05) is 19.1 Å². The van der Waals surface area contributed by atoms with Crippen LogP contribution in [-0.4, -0.2) is 41.5 Å². The first kappa shape index (κ1) is 14.7. The minimum atomic E-state index is -0.0593. The highest BCUT2D eigenvalue weighted by atomic mass is 32.1. The van der Waals surface area contributed by atoms with E-state index in [1.165, 1.54) is 19.5 Å². The lowest BCUT2D eigenvalue weighted by molar-refractivity contribution is 0.0904. The number of hydrogen-bond acceptors (Lipinski definition) is 4. The number of amides is 1. The molecule has 0 saturated carbocycles. The molecule has 2 saturated heterocycles. The number of nitrogens with zero attached hydrogens (tertiary/aromatic N) is 2. The normalized spacial score (nSPS) is 25.9. The fourth-order valence-electron chi connectivity index (χ4n) is 3.67. The molecule has 5 heteroatoms. The fraction of sp³-hybridized carbons (Fsp3) is 0.444. The molecule has 0 radical (unpaired) electrons. The highest BCUT2D eigenvalue weighted by Gasteiger charge is 2.33. The molecule has 2 aliphatic rings. The molecule has 2 aromatic rings. The number of rotatable bonds is 2. The first-order chi connectivity index (χ1) is 11.2. The first-order valence-electron chi connectivity index (χ1n) is 8.07. The number of piperidine rings is 1. The van der Waals surface area contributed by atoms with Gasteiger partial charge in [0.1, 0.15) is 5.69 Å². The van der Waals surface area contributed by atoms with E-state index in [4.69, 9.17) is 0 Å². The van der Waals surface area contributed by atoms with Crippen molar-refractivity contribution in [2.45, 2.75) is 25.8 Å². The Balaban J connectivity index is 1.51. The minimum Gasteiger partial charge on any atom is -0.347 e. The molecule has 2 aromatic heterocycles. The molecular formula is C18H19N3OS. The van der Waals surface area contributed by atoms with E-state index in [1.54, 1.807) is 17.5 Å². The van der Waals surface area contributed by atoms with Crippen LogP contribution in [0, 0.1) is 17.8 Å². The van der Waals surface area contributed by atoms with E-state index in [0.29, 0.717) is 5.69 Å². The van der Waals surface area contributed by atoms with Gasteiger partial charge in [0, 0.05) is 35.4 Å². The SMILES string of the molecule is CC#Cc1cc2cnc(C(=O)N[C@@H]3C[C@H]4CCN(C4)C3)cc2s1. The van der Waals surface area contributed by atoms with E-state index >= 15 is 0 Å². The van der Waals surface area contributed by atoms with Crippen LogP contribution in [0.2, 0.25) is 0 Å². The van der Waals surface area contributed by atoms with Crippen molar-refractivity contribution in [1.29, 1.82) is 0 Å². The molecule has 2 aliphatic heterocycles. The number of aromatic nitrogens is 1. The van der Waals surface area contributed by atoms with E-state index in [-0.39, 0.29) is 11.9 Å². The molecule has 118 valence electrons. The zero-order valence-corrected chi connectivity index (χ0v) is 13.9. The van der Waals surface area contributed by atoms with Gasteiger partial charge in [-0.1, -0.05) is 5.92 Å². The summed E-state index contributed by atoms with van der Waals surface area (Å²) in [5, 5.41) is 4.21. The Morgan fingerprint density at radius 2 is 2.35 bits per heavy atom. The van der Waals surface area contributed by atoms with Crippen molar-refractivity contribution in [3.8, 4) is 11.8 Å². The summed E-state index contributed by atoms with van der Waals surface area (Å²) in [4.78, 5) is 20.3. The third kappa shape index (κ3) is 2.97. The minimum absolute atomic E-state index is 0.0593. The van der Waals surface area contributed by atoms with Crippen LogP contribution in [0.1, 0.15) is 35.1 Å². The summed E-state index contributed by atoms with van der Waals surface area (Å²) in [7, 11) is 0. The van der Waals surface area contributed by atoms with Gasteiger partial charge in [0.25, 0.3) is 5.91 Å². The zero-order valence-electron chi connectivity index (χ0n) is 13.1. The van der Waals surface area contributed by atoms with Crippen molar-refractivity contribution < 1.29 is 4.79 Å². The maximum Gasteiger partial charge on any atom is 0.270 e. The summed E-state index contributed by atoms with van der Waals surface area (Å²) in [6.07, 6.45) is 4.14. The third-order valence-electron chi connectivity index (χ3n) is 4.68. The van der Waals surface area contributed by atoms with Gasteiger partial charge in [-0.3, -0.25) is 9.78 Å². The largest absolute Gasteiger partial charge is 0.347 e. The van der Waals surface area contributed by atoms with Gasteiger partial charge >= 0.3 is 0 Å². The molecule has 0 spiro atoms. The predicted molar refractivity (Wildman–Crippen MR) is 92.6 cm³/mol.